The molecule has 1 aliphatic rings. The number of benzene rings is 2. The van der Waals surface area contributed by atoms with Crippen molar-refractivity contribution in [2.45, 2.75) is 38.9 Å². The van der Waals surface area contributed by atoms with Gasteiger partial charge in [-0.25, -0.2) is 4.39 Å². The number of phenolic OH excluding ortho intramolecular Hbond substituents is 1. The monoisotopic (exact) mass is 362 g/mol. The Morgan fingerprint density at radius 2 is 2.16 bits per heavy atom. The zero-order chi connectivity index (χ0) is 17.8. The third-order valence-corrected chi connectivity index (χ3v) is 5.12. The fourth-order valence-electron chi connectivity index (χ4n) is 3.40. The van der Waals surface area contributed by atoms with Crippen molar-refractivity contribution in [2.75, 3.05) is 13.1 Å². The zero-order valence-corrected chi connectivity index (χ0v) is 15.2. The van der Waals surface area contributed by atoms with E-state index in [0.717, 1.165) is 38.0 Å². The molecule has 2 aromatic carbocycles. The van der Waals surface area contributed by atoms with E-state index in [1.807, 2.05) is 12.1 Å². The first-order valence-electron chi connectivity index (χ1n) is 8.70. The molecule has 3 nitrogen and oxygen atoms in total. The molecule has 1 saturated heterocycles. The van der Waals surface area contributed by atoms with Crippen LogP contribution in [0.1, 0.15) is 29.5 Å². The van der Waals surface area contributed by atoms with Gasteiger partial charge in [0, 0.05) is 36.3 Å². The van der Waals surface area contributed by atoms with Crippen LogP contribution in [0.2, 0.25) is 5.02 Å². The summed E-state index contributed by atoms with van der Waals surface area (Å²) in [5, 5.41) is 13.5. The minimum absolute atomic E-state index is 0.215. The highest BCUT2D eigenvalue weighted by Gasteiger charge is 2.20. The van der Waals surface area contributed by atoms with Gasteiger partial charge in [-0.05, 0) is 55.6 Å². The number of rotatable bonds is 5. The summed E-state index contributed by atoms with van der Waals surface area (Å²) in [6.45, 7) is 4.95. The molecule has 0 saturated carbocycles. The summed E-state index contributed by atoms with van der Waals surface area (Å²) in [7, 11) is 0. The molecule has 1 atom stereocenters. The number of likely N-dealkylation sites (tertiary alicyclic amines) is 1. The number of aryl methyl sites for hydroxylation is 1. The van der Waals surface area contributed by atoms with Crippen LogP contribution in [0.3, 0.4) is 0 Å². The molecular formula is C20H24ClFN2O. The summed E-state index contributed by atoms with van der Waals surface area (Å²) < 4.78 is 14.3. The van der Waals surface area contributed by atoms with Gasteiger partial charge < -0.3 is 10.4 Å². The fourth-order valence-corrected chi connectivity index (χ4v) is 3.61. The Bertz CT molecular complexity index is 738. The van der Waals surface area contributed by atoms with Crippen molar-refractivity contribution < 1.29 is 9.50 Å². The minimum atomic E-state index is -0.215. The number of halogens is 2. The van der Waals surface area contributed by atoms with Gasteiger partial charge in [0.1, 0.15) is 11.6 Å². The second kappa shape index (κ2) is 8.17. The van der Waals surface area contributed by atoms with Crippen molar-refractivity contribution in [3.63, 3.8) is 0 Å². The molecule has 25 heavy (non-hydrogen) atoms. The van der Waals surface area contributed by atoms with Crippen LogP contribution in [0.25, 0.3) is 0 Å². The smallest absolute Gasteiger partial charge is 0.132 e. The maximum absolute atomic E-state index is 14.3. The first-order valence-corrected chi connectivity index (χ1v) is 9.08. The number of hydrogen-bond acceptors (Lipinski definition) is 3. The number of nitrogens with one attached hydrogen (secondary N) is 1. The molecule has 134 valence electrons. The average molecular weight is 363 g/mol. The number of hydrogen-bond donors (Lipinski definition) is 2. The van der Waals surface area contributed by atoms with Crippen molar-refractivity contribution in [2.24, 2.45) is 0 Å². The van der Waals surface area contributed by atoms with E-state index >= 15 is 0 Å². The van der Waals surface area contributed by atoms with Crippen LogP contribution in [-0.4, -0.2) is 29.1 Å². The largest absolute Gasteiger partial charge is 0.508 e. The molecule has 2 N–H and O–H groups in total. The number of nitrogens with zero attached hydrogens (tertiary/aromatic N) is 1. The average Bonchev–Trinajstić information content (AvgIpc) is 2.59. The quantitative estimate of drug-likeness (QED) is 0.834. The summed E-state index contributed by atoms with van der Waals surface area (Å²) >= 11 is 6.16. The molecule has 0 amide bonds. The predicted molar refractivity (Wildman–Crippen MR) is 99.4 cm³/mol. The van der Waals surface area contributed by atoms with Gasteiger partial charge in [-0.2, -0.15) is 0 Å². The molecule has 0 bridgehead atoms. The zero-order valence-electron chi connectivity index (χ0n) is 14.4. The van der Waals surface area contributed by atoms with Crippen LogP contribution in [0.5, 0.6) is 5.75 Å². The van der Waals surface area contributed by atoms with E-state index in [-0.39, 0.29) is 5.82 Å². The Labute approximate surface area is 153 Å². The predicted octanol–water partition coefficient (Wildman–Crippen LogP) is 4.25. The molecule has 5 heteroatoms. The lowest BCUT2D eigenvalue weighted by Gasteiger charge is -2.33. The Morgan fingerprint density at radius 3 is 2.96 bits per heavy atom. The van der Waals surface area contributed by atoms with Crippen LogP contribution < -0.4 is 5.32 Å². The van der Waals surface area contributed by atoms with Gasteiger partial charge in [0.05, 0.1) is 0 Å². The summed E-state index contributed by atoms with van der Waals surface area (Å²) in [4.78, 5) is 2.37. The topological polar surface area (TPSA) is 35.5 Å². The molecular weight excluding hydrogens is 339 g/mol. The van der Waals surface area contributed by atoms with Crippen LogP contribution in [-0.2, 0) is 13.1 Å². The van der Waals surface area contributed by atoms with Crippen LogP contribution in [0, 0.1) is 12.7 Å². The van der Waals surface area contributed by atoms with Gasteiger partial charge in [0.15, 0.2) is 0 Å². The van der Waals surface area contributed by atoms with Crippen molar-refractivity contribution in [1.29, 1.82) is 0 Å². The molecule has 1 aliphatic heterocycles. The molecule has 3 rings (SSSR count). The van der Waals surface area contributed by atoms with Gasteiger partial charge in [-0.3, -0.25) is 4.90 Å². The van der Waals surface area contributed by atoms with Gasteiger partial charge in [0.25, 0.3) is 0 Å². The van der Waals surface area contributed by atoms with E-state index in [1.54, 1.807) is 31.2 Å². The normalized spacial score (nSPS) is 18.4. The van der Waals surface area contributed by atoms with E-state index in [4.69, 9.17) is 11.6 Å². The van der Waals surface area contributed by atoms with Gasteiger partial charge in [-0.1, -0.05) is 29.8 Å². The van der Waals surface area contributed by atoms with E-state index in [2.05, 4.69) is 10.2 Å². The van der Waals surface area contributed by atoms with E-state index in [0.29, 0.717) is 34.5 Å². The van der Waals surface area contributed by atoms with E-state index < -0.39 is 0 Å². The van der Waals surface area contributed by atoms with Crippen molar-refractivity contribution >= 4 is 11.6 Å². The molecule has 0 unspecified atom stereocenters. The molecule has 1 heterocycles. The van der Waals surface area contributed by atoms with Crippen LogP contribution >= 0.6 is 11.6 Å². The highest BCUT2D eigenvalue weighted by atomic mass is 35.5. The Balaban J connectivity index is 1.58. The van der Waals surface area contributed by atoms with Crippen LogP contribution in [0.4, 0.5) is 4.39 Å². The Kier molecular flexibility index (Phi) is 5.94. The number of piperidine rings is 1. The summed E-state index contributed by atoms with van der Waals surface area (Å²) in [6.07, 6.45) is 2.17. The lowest BCUT2D eigenvalue weighted by atomic mass is 10.0. The SMILES string of the molecule is Cc1ccc(Cl)c(CN[C@H]2CCCN(Cc3cccc(O)c3)C2)c1F. The van der Waals surface area contributed by atoms with E-state index in [1.165, 1.54) is 0 Å². The number of aromatic hydroxyl groups is 1. The second-order valence-electron chi connectivity index (χ2n) is 6.78. The van der Waals surface area contributed by atoms with Crippen molar-refractivity contribution in [1.82, 2.24) is 10.2 Å². The number of phenols is 1. The molecule has 2 aromatic rings. The molecule has 1 fully saturated rings. The summed E-state index contributed by atoms with van der Waals surface area (Å²) in [5.74, 6) is 0.0844. The van der Waals surface area contributed by atoms with Crippen LogP contribution in [0.15, 0.2) is 36.4 Å². The minimum Gasteiger partial charge on any atom is -0.508 e. The van der Waals surface area contributed by atoms with Gasteiger partial charge >= 0.3 is 0 Å². The molecule has 0 aliphatic carbocycles. The summed E-state index contributed by atoms with van der Waals surface area (Å²) in [6, 6.07) is 11.2. The van der Waals surface area contributed by atoms with Crippen molar-refractivity contribution in [3.05, 3.63) is 63.9 Å². The standard InChI is InChI=1S/C20H24ClFN2O/c1-14-7-8-19(21)18(20(14)22)11-23-16-5-3-9-24(13-16)12-15-4-2-6-17(25)10-15/h2,4,6-8,10,16,23,25H,3,5,9,11-13H2,1H3/t16-/m0/s1. The fraction of sp³-hybridized carbons (Fsp3) is 0.400. The lowest BCUT2D eigenvalue weighted by molar-refractivity contribution is 0.182. The molecule has 0 aromatic heterocycles. The second-order valence-corrected chi connectivity index (χ2v) is 7.19. The lowest BCUT2D eigenvalue weighted by Crippen LogP contribution is -2.45. The maximum Gasteiger partial charge on any atom is 0.132 e. The van der Waals surface area contributed by atoms with Gasteiger partial charge in [-0.15, -0.1) is 0 Å². The van der Waals surface area contributed by atoms with Gasteiger partial charge in [0.2, 0.25) is 0 Å². The Hall–Kier alpha value is -1.62. The molecule has 0 spiro atoms. The van der Waals surface area contributed by atoms with E-state index in [9.17, 15) is 9.50 Å². The Morgan fingerprint density at radius 1 is 1.32 bits per heavy atom. The molecule has 0 radical (unpaired) electrons. The summed E-state index contributed by atoms with van der Waals surface area (Å²) in [5.41, 5.74) is 2.27. The third kappa shape index (κ3) is 4.72. The first kappa shape index (κ1) is 18.2. The maximum atomic E-state index is 14.3. The third-order valence-electron chi connectivity index (χ3n) is 4.77. The van der Waals surface area contributed by atoms with Crippen molar-refractivity contribution in [3.8, 4) is 5.75 Å². The highest BCUT2D eigenvalue weighted by molar-refractivity contribution is 6.31. The highest BCUT2D eigenvalue weighted by Crippen LogP contribution is 2.23. The first-order chi connectivity index (χ1) is 12.0.